The Morgan fingerprint density at radius 2 is 2.00 bits per heavy atom. The van der Waals surface area contributed by atoms with Gasteiger partial charge in [-0.25, -0.2) is 8.42 Å². The van der Waals surface area contributed by atoms with E-state index in [-0.39, 0.29) is 17.0 Å². The first kappa shape index (κ1) is 16.6. The zero-order valence-electron chi connectivity index (χ0n) is 12.1. The average molecular weight is 289 g/mol. The standard InChI is InChI=1S/C14H27NO3S/c1-11(8-9-15)6-7-14(16)12-4-3-5-13(10-12)19(2,17)18/h11-13H,3-10,15H2,1-2H3. The predicted molar refractivity (Wildman–Crippen MR) is 77.7 cm³/mol. The molecule has 112 valence electrons. The van der Waals surface area contributed by atoms with Gasteiger partial charge in [0.25, 0.3) is 0 Å². The first-order valence-electron chi connectivity index (χ1n) is 7.26. The zero-order valence-corrected chi connectivity index (χ0v) is 12.9. The summed E-state index contributed by atoms with van der Waals surface area (Å²) in [6, 6.07) is 0. The molecule has 19 heavy (non-hydrogen) atoms. The van der Waals surface area contributed by atoms with E-state index in [1.54, 1.807) is 0 Å². The minimum absolute atomic E-state index is 0.0430. The molecule has 0 aromatic carbocycles. The van der Waals surface area contributed by atoms with Gasteiger partial charge in [-0.1, -0.05) is 13.3 Å². The van der Waals surface area contributed by atoms with Crippen molar-refractivity contribution >= 4 is 15.6 Å². The molecule has 0 aromatic heterocycles. The summed E-state index contributed by atoms with van der Waals surface area (Å²) in [6.07, 6.45) is 6.63. The molecule has 3 atom stereocenters. The maximum absolute atomic E-state index is 12.2. The van der Waals surface area contributed by atoms with E-state index in [9.17, 15) is 13.2 Å². The fraction of sp³-hybridized carbons (Fsp3) is 0.929. The first-order valence-corrected chi connectivity index (χ1v) is 9.21. The summed E-state index contributed by atoms with van der Waals surface area (Å²) < 4.78 is 23.2. The lowest BCUT2D eigenvalue weighted by Gasteiger charge is -2.27. The normalized spacial score (nSPS) is 26.1. The molecule has 1 rings (SSSR count). The van der Waals surface area contributed by atoms with Crippen LogP contribution >= 0.6 is 0 Å². The molecule has 0 bridgehead atoms. The Morgan fingerprint density at radius 3 is 2.58 bits per heavy atom. The number of Topliss-reactive ketones (excluding diaryl/α,β-unsaturated/α-hetero) is 1. The molecule has 3 unspecified atom stereocenters. The van der Waals surface area contributed by atoms with E-state index in [0.29, 0.717) is 31.7 Å². The van der Waals surface area contributed by atoms with E-state index in [1.165, 1.54) is 6.26 Å². The molecule has 0 spiro atoms. The number of carbonyl (C=O) groups is 1. The van der Waals surface area contributed by atoms with Crippen molar-refractivity contribution in [3.63, 3.8) is 0 Å². The number of hydrogen-bond donors (Lipinski definition) is 1. The lowest BCUT2D eigenvalue weighted by atomic mass is 9.83. The quantitative estimate of drug-likeness (QED) is 0.777. The van der Waals surface area contributed by atoms with Crippen molar-refractivity contribution in [2.45, 2.75) is 57.1 Å². The van der Waals surface area contributed by atoms with Gasteiger partial charge in [0, 0.05) is 18.6 Å². The SMILES string of the molecule is CC(CCN)CCC(=O)C1CCCC(S(C)(=O)=O)C1. The van der Waals surface area contributed by atoms with Crippen molar-refractivity contribution < 1.29 is 13.2 Å². The van der Waals surface area contributed by atoms with Crippen molar-refractivity contribution in [2.75, 3.05) is 12.8 Å². The average Bonchev–Trinajstić information content (AvgIpc) is 2.35. The van der Waals surface area contributed by atoms with Crippen molar-refractivity contribution in [1.29, 1.82) is 0 Å². The molecule has 4 nitrogen and oxygen atoms in total. The minimum atomic E-state index is -3.00. The number of nitrogens with two attached hydrogens (primary N) is 1. The van der Waals surface area contributed by atoms with Gasteiger partial charge in [-0.2, -0.15) is 0 Å². The summed E-state index contributed by atoms with van der Waals surface area (Å²) in [4.78, 5) is 12.2. The van der Waals surface area contributed by atoms with Gasteiger partial charge < -0.3 is 5.73 Å². The number of hydrogen-bond acceptors (Lipinski definition) is 4. The Labute approximate surface area is 117 Å². The van der Waals surface area contributed by atoms with Crippen LogP contribution in [0, 0.1) is 11.8 Å². The largest absolute Gasteiger partial charge is 0.330 e. The second-order valence-electron chi connectivity index (χ2n) is 6.00. The number of ketones is 1. The van der Waals surface area contributed by atoms with Crippen LogP contribution in [0.2, 0.25) is 0 Å². The fourth-order valence-corrected chi connectivity index (χ4v) is 4.02. The Kier molecular flexibility index (Phi) is 6.47. The van der Waals surface area contributed by atoms with Gasteiger partial charge >= 0.3 is 0 Å². The summed E-state index contributed by atoms with van der Waals surface area (Å²) in [7, 11) is -3.00. The Bertz CT molecular complexity index is 391. The van der Waals surface area contributed by atoms with Crippen LogP contribution in [0.15, 0.2) is 0 Å². The predicted octanol–water partition coefficient (Wildman–Crippen LogP) is 1.92. The van der Waals surface area contributed by atoms with Crippen LogP contribution in [0.5, 0.6) is 0 Å². The number of rotatable bonds is 7. The van der Waals surface area contributed by atoms with Crippen LogP contribution in [-0.4, -0.2) is 32.3 Å². The van der Waals surface area contributed by atoms with Crippen LogP contribution in [-0.2, 0) is 14.6 Å². The second-order valence-corrected chi connectivity index (χ2v) is 8.33. The van der Waals surface area contributed by atoms with E-state index >= 15 is 0 Å². The van der Waals surface area contributed by atoms with Crippen LogP contribution in [0.3, 0.4) is 0 Å². The van der Waals surface area contributed by atoms with Gasteiger partial charge in [0.15, 0.2) is 0 Å². The molecule has 1 saturated carbocycles. The minimum Gasteiger partial charge on any atom is -0.330 e. The molecule has 0 amide bonds. The molecule has 0 saturated heterocycles. The van der Waals surface area contributed by atoms with Crippen LogP contribution in [0.25, 0.3) is 0 Å². The highest BCUT2D eigenvalue weighted by Gasteiger charge is 2.32. The van der Waals surface area contributed by atoms with E-state index in [4.69, 9.17) is 5.73 Å². The van der Waals surface area contributed by atoms with Gasteiger partial charge in [0.1, 0.15) is 15.6 Å². The summed E-state index contributed by atoms with van der Waals surface area (Å²) in [6.45, 7) is 2.77. The lowest BCUT2D eigenvalue weighted by molar-refractivity contribution is -0.124. The summed E-state index contributed by atoms with van der Waals surface area (Å²) >= 11 is 0. The highest BCUT2D eigenvalue weighted by molar-refractivity contribution is 7.91. The van der Waals surface area contributed by atoms with Crippen LogP contribution in [0.4, 0.5) is 0 Å². The van der Waals surface area contributed by atoms with E-state index in [0.717, 1.165) is 25.7 Å². The zero-order chi connectivity index (χ0) is 14.5. The Hall–Kier alpha value is -0.420. The van der Waals surface area contributed by atoms with E-state index < -0.39 is 9.84 Å². The smallest absolute Gasteiger partial charge is 0.150 e. The number of carbonyl (C=O) groups excluding carboxylic acids is 1. The van der Waals surface area contributed by atoms with Gasteiger partial charge in [-0.15, -0.1) is 0 Å². The molecule has 5 heteroatoms. The molecule has 0 radical (unpaired) electrons. The van der Waals surface area contributed by atoms with Gasteiger partial charge in [-0.3, -0.25) is 4.79 Å². The topological polar surface area (TPSA) is 77.2 Å². The van der Waals surface area contributed by atoms with Crippen molar-refractivity contribution in [1.82, 2.24) is 0 Å². The first-order chi connectivity index (χ1) is 8.84. The Morgan fingerprint density at radius 1 is 1.32 bits per heavy atom. The van der Waals surface area contributed by atoms with Gasteiger partial charge in [0.2, 0.25) is 0 Å². The van der Waals surface area contributed by atoms with Crippen LogP contribution < -0.4 is 5.73 Å². The van der Waals surface area contributed by atoms with Gasteiger partial charge in [-0.05, 0) is 44.6 Å². The molecule has 0 aliphatic heterocycles. The highest BCUT2D eigenvalue weighted by Crippen LogP contribution is 2.30. The molecule has 2 N–H and O–H groups in total. The maximum Gasteiger partial charge on any atom is 0.150 e. The summed E-state index contributed by atoms with van der Waals surface area (Å²) in [5.74, 6) is 0.680. The summed E-state index contributed by atoms with van der Waals surface area (Å²) in [5, 5.41) is -0.309. The van der Waals surface area contributed by atoms with E-state index in [1.807, 2.05) is 0 Å². The molecule has 1 aliphatic rings. The molecule has 0 heterocycles. The third-order valence-electron chi connectivity index (χ3n) is 4.23. The summed E-state index contributed by atoms with van der Waals surface area (Å²) in [5.41, 5.74) is 5.49. The van der Waals surface area contributed by atoms with Gasteiger partial charge in [0.05, 0.1) is 5.25 Å². The molecule has 1 fully saturated rings. The molecule has 1 aliphatic carbocycles. The Balaban J connectivity index is 2.44. The maximum atomic E-state index is 12.2. The fourth-order valence-electron chi connectivity index (χ4n) is 2.85. The highest BCUT2D eigenvalue weighted by atomic mass is 32.2. The third kappa shape index (κ3) is 5.61. The third-order valence-corrected chi connectivity index (χ3v) is 5.87. The molecule has 0 aromatic rings. The monoisotopic (exact) mass is 289 g/mol. The van der Waals surface area contributed by atoms with Crippen LogP contribution in [0.1, 0.15) is 51.9 Å². The number of sulfone groups is 1. The molecular formula is C14H27NO3S. The van der Waals surface area contributed by atoms with Crippen molar-refractivity contribution in [3.05, 3.63) is 0 Å². The van der Waals surface area contributed by atoms with E-state index in [2.05, 4.69) is 6.92 Å². The second kappa shape index (κ2) is 7.39. The van der Waals surface area contributed by atoms with Crippen molar-refractivity contribution in [2.24, 2.45) is 17.6 Å². The molecular weight excluding hydrogens is 262 g/mol. The van der Waals surface area contributed by atoms with Crippen molar-refractivity contribution in [3.8, 4) is 0 Å². The lowest BCUT2D eigenvalue weighted by Crippen LogP contribution is -2.31.